The number of sulfonamides is 1. The molecule has 6 nitrogen and oxygen atoms in total. The summed E-state index contributed by atoms with van der Waals surface area (Å²) in [5, 5.41) is 3.41. The van der Waals surface area contributed by atoms with Crippen LogP contribution in [0.3, 0.4) is 0 Å². The third-order valence-electron chi connectivity index (χ3n) is 4.60. The van der Waals surface area contributed by atoms with Gasteiger partial charge in [-0.15, -0.1) is 0 Å². The van der Waals surface area contributed by atoms with Gasteiger partial charge in [-0.25, -0.2) is 13.4 Å². The molecular formula is C20H28N4O2S. The molecule has 0 radical (unpaired) electrons. The first-order valence-electron chi connectivity index (χ1n) is 9.26. The van der Waals surface area contributed by atoms with Crippen LogP contribution in [-0.4, -0.2) is 49.4 Å². The summed E-state index contributed by atoms with van der Waals surface area (Å²) in [6, 6.07) is 13.0. The van der Waals surface area contributed by atoms with Crippen LogP contribution in [0.2, 0.25) is 0 Å². The topological polar surface area (TPSA) is 65.5 Å². The van der Waals surface area contributed by atoms with E-state index < -0.39 is 10.0 Å². The van der Waals surface area contributed by atoms with E-state index in [0.29, 0.717) is 37.6 Å². The Bertz CT molecular complexity index is 838. The monoisotopic (exact) mass is 388 g/mol. The van der Waals surface area contributed by atoms with Gasteiger partial charge in [-0.05, 0) is 50.6 Å². The van der Waals surface area contributed by atoms with E-state index in [1.807, 2.05) is 30.3 Å². The van der Waals surface area contributed by atoms with Gasteiger partial charge in [-0.2, -0.15) is 4.31 Å². The number of pyridine rings is 1. The molecule has 7 heteroatoms. The van der Waals surface area contributed by atoms with Crippen molar-refractivity contribution in [1.82, 2.24) is 14.6 Å². The number of nitrogens with zero attached hydrogens (tertiary/aromatic N) is 3. The fraction of sp³-hybridized carbons (Fsp3) is 0.450. The molecule has 1 fully saturated rings. The molecule has 3 rings (SSSR count). The second-order valence-corrected chi connectivity index (χ2v) is 9.76. The highest BCUT2D eigenvalue weighted by atomic mass is 32.2. The smallest absolute Gasteiger partial charge is 0.243 e. The highest BCUT2D eigenvalue weighted by Gasteiger charge is 2.28. The number of aromatic nitrogens is 1. The van der Waals surface area contributed by atoms with E-state index in [-0.39, 0.29) is 5.54 Å². The summed E-state index contributed by atoms with van der Waals surface area (Å²) in [7, 11) is -3.46. The van der Waals surface area contributed by atoms with E-state index in [4.69, 9.17) is 0 Å². The Balaban J connectivity index is 1.63. The molecule has 1 saturated heterocycles. The predicted octanol–water partition coefficient (Wildman–Crippen LogP) is 2.48. The minimum Gasteiger partial charge on any atom is -0.354 e. The number of hydrogen-bond donors (Lipinski definition) is 1. The van der Waals surface area contributed by atoms with Gasteiger partial charge < -0.3 is 10.2 Å². The normalized spacial score (nSPS) is 16.5. The van der Waals surface area contributed by atoms with Crippen LogP contribution in [0.4, 0.5) is 5.82 Å². The molecule has 1 aromatic heterocycles. The SMILES string of the molecule is CC(C)(C)NCc1ccc(S(=O)(=O)N2CCN(c3ccccn3)CC2)cc1. The molecule has 0 aliphatic carbocycles. The van der Waals surface area contributed by atoms with Gasteiger partial charge in [0.15, 0.2) is 0 Å². The molecule has 2 heterocycles. The summed E-state index contributed by atoms with van der Waals surface area (Å²) in [6.07, 6.45) is 1.76. The van der Waals surface area contributed by atoms with Crippen LogP contribution in [-0.2, 0) is 16.6 Å². The van der Waals surface area contributed by atoms with Gasteiger partial charge in [-0.3, -0.25) is 0 Å². The van der Waals surface area contributed by atoms with Crippen molar-refractivity contribution in [3.05, 3.63) is 54.2 Å². The number of benzene rings is 1. The molecule has 27 heavy (non-hydrogen) atoms. The van der Waals surface area contributed by atoms with Crippen molar-refractivity contribution in [3.8, 4) is 0 Å². The summed E-state index contributed by atoms with van der Waals surface area (Å²) >= 11 is 0. The van der Waals surface area contributed by atoms with Crippen LogP contribution in [0.1, 0.15) is 26.3 Å². The van der Waals surface area contributed by atoms with Crippen LogP contribution >= 0.6 is 0 Å². The second-order valence-electron chi connectivity index (χ2n) is 7.83. The van der Waals surface area contributed by atoms with Gasteiger partial charge in [-0.1, -0.05) is 18.2 Å². The third-order valence-corrected chi connectivity index (χ3v) is 6.51. The summed E-state index contributed by atoms with van der Waals surface area (Å²) in [5.74, 6) is 0.894. The molecule has 0 unspecified atom stereocenters. The number of piperazine rings is 1. The zero-order chi connectivity index (χ0) is 19.5. The number of anilines is 1. The zero-order valence-electron chi connectivity index (χ0n) is 16.2. The van der Waals surface area contributed by atoms with Crippen molar-refractivity contribution in [2.45, 2.75) is 37.8 Å². The summed E-state index contributed by atoms with van der Waals surface area (Å²) in [6.45, 7) is 9.25. The van der Waals surface area contributed by atoms with Crippen molar-refractivity contribution in [2.75, 3.05) is 31.1 Å². The van der Waals surface area contributed by atoms with Crippen LogP contribution < -0.4 is 10.2 Å². The Kier molecular flexibility index (Phi) is 5.83. The first-order valence-corrected chi connectivity index (χ1v) is 10.7. The molecule has 1 aromatic carbocycles. The van der Waals surface area contributed by atoms with E-state index in [1.54, 1.807) is 22.6 Å². The Hall–Kier alpha value is -1.96. The van der Waals surface area contributed by atoms with E-state index in [0.717, 1.165) is 11.4 Å². The average molecular weight is 389 g/mol. The number of hydrogen-bond acceptors (Lipinski definition) is 5. The fourth-order valence-electron chi connectivity index (χ4n) is 2.99. The lowest BCUT2D eigenvalue weighted by Crippen LogP contribution is -2.48. The maximum absolute atomic E-state index is 12.9. The molecule has 0 bridgehead atoms. The first kappa shape index (κ1) is 19.8. The Morgan fingerprint density at radius 2 is 1.67 bits per heavy atom. The Morgan fingerprint density at radius 3 is 2.22 bits per heavy atom. The van der Waals surface area contributed by atoms with Crippen LogP contribution in [0.15, 0.2) is 53.6 Å². The van der Waals surface area contributed by atoms with Crippen LogP contribution in [0.25, 0.3) is 0 Å². The maximum Gasteiger partial charge on any atom is 0.243 e. The molecular weight excluding hydrogens is 360 g/mol. The molecule has 0 amide bonds. The maximum atomic E-state index is 12.9. The van der Waals surface area contributed by atoms with Crippen molar-refractivity contribution in [1.29, 1.82) is 0 Å². The van der Waals surface area contributed by atoms with Crippen LogP contribution in [0.5, 0.6) is 0 Å². The van der Waals surface area contributed by atoms with E-state index in [9.17, 15) is 8.42 Å². The van der Waals surface area contributed by atoms with Gasteiger partial charge in [0.1, 0.15) is 5.82 Å². The van der Waals surface area contributed by atoms with E-state index >= 15 is 0 Å². The van der Waals surface area contributed by atoms with Crippen molar-refractivity contribution in [3.63, 3.8) is 0 Å². The molecule has 0 spiro atoms. The predicted molar refractivity (Wildman–Crippen MR) is 108 cm³/mol. The zero-order valence-corrected chi connectivity index (χ0v) is 17.0. The van der Waals surface area contributed by atoms with Crippen molar-refractivity contribution < 1.29 is 8.42 Å². The molecule has 146 valence electrons. The largest absolute Gasteiger partial charge is 0.354 e. The standard InChI is InChI=1S/C20H28N4O2S/c1-20(2,3)22-16-17-7-9-18(10-8-17)27(25,26)24-14-12-23(13-15-24)19-6-4-5-11-21-19/h4-11,22H,12-16H2,1-3H3. The minimum atomic E-state index is -3.46. The lowest BCUT2D eigenvalue weighted by Gasteiger charge is -2.34. The summed E-state index contributed by atoms with van der Waals surface area (Å²) in [5.41, 5.74) is 1.10. The van der Waals surface area contributed by atoms with Gasteiger partial charge in [0.25, 0.3) is 0 Å². The van der Waals surface area contributed by atoms with Crippen molar-refractivity contribution in [2.24, 2.45) is 0 Å². The van der Waals surface area contributed by atoms with Crippen LogP contribution in [0, 0.1) is 0 Å². The summed E-state index contributed by atoms with van der Waals surface area (Å²) < 4.78 is 27.4. The van der Waals surface area contributed by atoms with Gasteiger partial charge >= 0.3 is 0 Å². The Labute approximate surface area is 162 Å². The first-order chi connectivity index (χ1) is 12.8. The van der Waals surface area contributed by atoms with E-state index in [1.165, 1.54) is 0 Å². The molecule has 1 aliphatic heterocycles. The van der Waals surface area contributed by atoms with E-state index in [2.05, 4.69) is 36.0 Å². The summed E-state index contributed by atoms with van der Waals surface area (Å²) in [4.78, 5) is 6.82. The quantitative estimate of drug-likeness (QED) is 0.852. The van der Waals surface area contributed by atoms with Crippen molar-refractivity contribution >= 4 is 15.8 Å². The molecule has 0 atom stereocenters. The lowest BCUT2D eigenvalue weighted by molar-refractivity contribution is 0.384. The highest BCUT2D eigenvalue weighted by Crippen LogP contribution is 2.20. The molecule has 0 saturated carbocycles. The van der Waals surface area contributed by atoms with Gasteiger partial charge in [0, 0.05) is 44.5 Å². The number of rotatable bonds is 5. The van der Waals surface area contributed by atoms with Gasteiger partial charge in [0.05, 0.1) is 4.90 Å². The lowest BCUT2D eigenvalue weighted by atomic mass is 10.1. The number of nitrogens with one attached hydrogen (secondary N) is 1. The second kappa shape index (κ2) is 7.96. The molecule has 2 aromatic rings. The fourth-order valence-corrected chi connectivity index (χ4v) is 4.42. The molecule has 1 N–H and O–H groups in total. The molecule has 1 aliphatic rings. The third kappa shape index (κ3) is 5.06. The van der Waals surface area contributed by atoms with Gasteiger partial charge in [0.2, 0.25) is 10.0 Å². The Morgan fingerprint density at radius 1 is 1.00 bits per heavy atom. The minimum absolute atomic E-state index is 0.0258. The average Bonchev–Trinajstić information content (AvgIpc) is 2.67. The highest BCUT2D eigenvalue weighted by molar-refractivity contribution is 7.89.